The Kier molecular flexibility index (Phi) is 7.27. The molecule has 4 fully saturated rings. The van der Waals surface area contributed by atoms with Crippen molar-refractivity contribution in [2.24, 2.45) is 17.8 Å². The molecule has 0 aromatic heterocycles. The number of ether oxygens (including phenoxy) is 1. The number of carbonyl (C=O) groups is 1. The number of rotatable bonds is 9. The van der Waals surface area contributed by atoms with Crippen LogP contribution in [0.4, 0.5) is 5.69 Å². The van der Waals surface area contributed by atoms with E-state index in [1.54, 1.807) is 0 Å². The van der Waals surface area contributed by atoms with E-state index in [1.807, 2.05) is 36.4 Å². The summed E-state index contributed by atoms with van der Waals surface area (Å²) in [6, 6.07) is 15.9. The summed E-state index contributed by atoms with van der Waals surface area (Å²) in [7, 11) is -3.62. The van der Waals surface area contributed by atoms with Gasteiger partial charge in [0.15, 0.2) is 0 Å². The van der Waals surface area contributed by atoms with Crippen LogP contribution in [-0.2, 0) is 25.6 Å². The molecule has 1 amide bonds. The third-order valence-corrected chi connectivity index (χ3v) is 10.0. The number of benzene rings is 2. The van der Waals surface area contributed by atoms with Crippen molar-refractivity contribution in [3.8, 4) is 5.75 Å². The zero-order chi connectivity index (χ0) is 27.1. The van der Waals surface area contributed by atoms with E-state index in [2.05, 4.69) is 38.2 Å². The molecule has 7 heteroatoms. The van der Waals surface area contributed by atoms with E-state index < -0.39 is 10.0 Å². The van der Waals surface area contributed by atoms with E-state index in [1.165, 1.54) is 54.0 Å². The fourth-order valence-electron chi connectivity index (χ4n) is 7.44. The van der Waals surface area contributed by atoms with Gasteiger partial charge in [-0.1, -0.05) is 45.0 Å². The van der Waals surface area contributed by atoms with Crippen molar-refractivity contribution in [1.29, 1.82) is 0 Å². The van der Waals surface area contributed by atoms with Crippen LogP contribution in [0.2, 0.25) is 0 Å². The summed E-state index contributed by atoms with van der Waals surface area (Å²) in [5.41, 5.74) is 3.43. The average Bonchev–Trinajstić information content (AvgIpc) is 2.83. The number of carbonyl (C=O) groups excluding carboxylic acids is 1. The minimum Gasteiger partial charge on any atom is -0.492 e. The quantitative estimate of drug-likeness (QED) is 0.433. The highest BCUT2D eigenvalue weighted by molar-refractivity contribution is 7.92. The predicted molar refractivity (Wildman–Crippen MR) is 152 cm³/mol. The smallest absolute Gasteiger partial charge is 0.240 e. The van der Waals surface area contributed by atoms with Crippen LogP contribution in [0.25, 0.3) is 0 Å². The lowest BCUT2D eigenvalue weighted by atomic mass is 9.48. The van der Waals surface area contributed by atoms with Crippen molar-refractivity contribution in [2.75, 3.05) is 30.3 Å². The van der Waals surface area contributed by atoms with E-state index >= 15 is 0 Å². The highest BCUT2D eigenvalue weighted by Crippen LogP contribution is 2.60. The fraction of sp³-hybridized carbons (Fsp3) is 0.581. The van der Waals surface area contributed by atoms with Gasteiger partial charge in [-0.2, -0.15) is 0 Å². The van der Waals surface area contributed by atoms with Crippen LogP contribution in [0.1, 0.15) is 70.4 Å². The maximum atomic E-state index is 12.7. The van der Waals surface area contributed by atoms with Gasteiger partial charge in [0, 0.05) is 0 Å². The average molecular weight is 539 g/mol. The maximum Gasteiger partial charge on any atom is 0.240 e. The molecular formula is C31H42N2O4S. The lowest BCUT2D eigenvalue weighted by Gasteiger charge is -2.57. The zero-order valence-electron chi connectivity index (χ0n) is 23.2. The Bertz CT molecular complexity index is 1210. The van der Waals surface area contributed by atoms with Crippen LogP contribution >= 0.6 is 0 Å². The Labute approximate surface area is 228 Å². The molecule has 0 heterocycles. The number of hydrogen-bond acceptors (Lipinski definition) is 4. The Hall–Kier alpha value is -2.54. The summed E-state index contributed by atoms with van der Waals surface area (Å²) in [5, 5.41) is 2.79. The summed E-state index contributed by atoms with van der Waals surface area (Å²) in [6.45, 7) is 6.83. The fourth-order valence-corrected chi connectivity index (χ4v) is 8.30. The number of hydrogen-bond donors (Lipinski definition) is 1. The van der Waals surface area contributed by atoms with Gasteiger partial charge in [0.05, 0.1) is 18.5 Å². The molecule has 38 heavy (non-hydrogen) atoms. The summed E-state index contributed by atoms with van der Waals surface area (Å²) in [4.78, 5) is 12.7. The monoisotopic (exact) mass is 538 g/mol. The second-order valence-corrected chi connectivity index (χ2v) is 14.9. The van der Waals surface area contributed by atoms with Crippen molar-refractivity contribution >= 4 is 21.6 Å². The van der Waals surface area contributed by atoms with E-state index in [0.717, 1.165) is 29.8 Å². The first-order valence-electron chi connectivity index (χ1n) is 14.0. The number of anilines is 1. The first kappa shape index (κ1) is 27.0. The maximum absolute atomic E-state index is 12.7. The zero-order valence-corrected chi connectivity index (χ0v) is 24.0. The van der Waals surface area contributed by atoms with Crippen LogP contribution in [0.3, 0.4) is 0 Å². The van der Waals surface area contributed by atoms with Crippen molar-refractivity contribution in [3.05, 3.63) is 59.7 Å². The minimum atomic E-state index is -3.62. The lowest BCUT2D eigenvalue weighted by Crippen LogP contribution is -2.48. The topological polar surface area (TPSA) is 75.7 Å². The van der Waals surface area contributed by atoms with Gasteiger partial charge in [-0.15, -0.1) is 0 Å². The summed E-state index contributed by atoms with van der Waals surface area (Å²) < 4.78 is 32.2. The third kappa shape index (κ3) is 5.88. The van der Waals surface area contributed by atoms with Gasteiger partial charge in [-0.3, -0.25) is 9.10 Å². The molecule has 0 saturated heterocycles. The molecule has 4 saturated carbocycles. The first-order valence-corrected chi connectivity index (χ1v) is 15.8. The van der Waals surface area contributed by atoms with Crippen molar-refractivity contribution in [1.82, 2.24) is 5.32 Å². The Morgan fingerprint density at radius 1 is 0.947 bits per heavy atom. The third-order valence-electron chi connectivity index (χ3n) is 8.91. The number of nitrogens with zero attached hydrogens (tertiary/aromatic N) is 1. The first-order chi connectivity index (χ1) is 17.9. The molecule has 0 aliphatic heterocycles. The Morgan fingerprint density at radius 2 is 1.50 bits per heavy atom. The molecule has 0 spiro atoms. The van der Waals surface area contributed by atoms with E-state index in [-0.39, 0.29) is 23.3 Å². The van der Waals surface area contributed by atoms with Gasteiger partial charge in [0.1, 0.15) is 18.9 Å². The molecule has 4 bridgehead atoms. The Morgan fingerprint density at radius 3 is 2.00 bits per heavy atom. The molecule has 2 aromatic carbocycles. The van der Waals surface area contributed by atoms with E-state index in [9.17, 15) is 13.2 Å². The molecule has 0 unspecified atom stereocenters. The van der Waals surface area contributed by atoms with Gasteiger partial charge in [-0.05, 0) is 103 Å². The highest BCUT2D eigenvalue weighted by atomic mass is 32.2. The van der Waals surface area contributed by atoms with E-state index in [4.69, 9.17) is 4.74 Å². The van der Waals surface area contributed by atoms with Crippen LogP contribution < -0.4 is 14.4 Å². The largest absolute Gasteiger partial charge is 0.492 e. The van der Waals surface area contributed by atoms with Gasteiger partial charge in [0.2, 0.25) is 15.9 Å². The number of nitrogens with one attached hydrogen (secondary N) is 1. The summed E-state index contributed by atoms with van der Waals surface area (Å²) in [5.74, 6) is 2.94. The molecule has 0 atom stereocenters. The van der Waals surface area contributed by atoms with Crippen LogP contribution in [0.15, 0.2) is 48.5 Å². The molecular weight excluding hydrogens is 496 g/mol. The van der Waals surface area contributed by atoms with Gasteiger partial charge >= 0.3 is 0 Å². The van der Waals surface area contributed by atoms with E-state index in [0.29, 0.717) is 18.8 Å². The number of sulfonamides is 1. The van der Waals surface area contributed by atoms with Crippen molar-refractivity contribution in [3.63, 3.8) is 0 Å². The molecule has 6 nitrogen and oxygen atoms in total. The molecule has 6 rings (SSSR count). The van der Waals surface area contributed by atoms with Crippen LogP contribution in [0.5, 0.6) is 5.75 Å². The van der Waals surface area contributed by atoms with Crippen LogP contribution in [0, 0.1) is 17.8 Å². The lowest BCUT2D eigenvalue weighted by molar-refractivity contribution is -0.119. The summed E-state index contributed by atoms with van der Waals surface area (Å²) >= 11 is 0. The molecule has 4 aliphatic rings. The normalized spacial score (nSPS) is 26.3. The molecule has 2 aromatic rings. The van der Waals surface area contributed by atoms with Crippen molar-refractivity contribution in [2.45, 2.75) is 70.1 Å². The molecule has 1 N–H and O–H groups in total. The molecule has 206 valence electrons. The SMILES string of the molecule is CC(C)(C)c1ccc(OCCNC(=O)CN(c2ccc(C34CC5CC(CC(C5)C3)C4)cc2)S(C)(=O)=O)cc1. The molecule has 0 radical (unpaired) electrons. The minimum absolute atomic E-state index is 0.0765. The van der Waals surface area contributed by atoms with Crippen LogP contribution in [-0.4, -0.2) is 40.3 Å². The molecule has 4 aliphatic carbocycles. The van der Waals surface area contributed by atoms with Crippen molar-refractivity contribution < 1.29 is 17.9 Å². The Balaban J connectivity index is 1.17. The highest BCUT2D eigenvalue weighted by Gasteiger charge is 2.51. The standard InChI is InChI=1S/C31H42N2O4S/c1-30(2,3)25-7-11-28(12-8-25)37-14-13-32-29(34)21-33(38(4,35)36)27-9-5-26(6-10-27)31-18-22-15-23(19-31)17-24(16-22)20-31/h5-12,22-24H,13-21H2,1-4H3,(H,32,34). The van der Waals surface area contributed by atoms with Gasteiger partial charge < -0.3 is 10.1 Å². The number of amides is 1. The summed E-state index contributed by atoms with van der Waals surface area (Å²) in [6.07, 6.45) is 9.12. The second kappa shape index (κ2) is 10.2. The predicted octanol–water partition coefficient (Wildman–Crippen LogP) is 5.41. The van der Waals surface area contributed by atoms with Gasteiger partial charge in [-0.25, -0.2) is 8.42 Å². The van der Waals surface area contributed by atoms with Gasteiger partial charge in [0.25, 0.3) is 0 Å². The second-order valence-electron chi connectivity index (χ2n) is 13.0.